The van der Waals surface area contributed by atoms with Crippen molar-refractivity contribution in [3.63, 3.8) is 0 Å². The molecule has 1 amide bonds. The number of amides is 1. The number of rotatable bonds is 7. The highest BCUT2D eigenvalue weighted by Gasteiger charge is 2.28. The molecule has 0 radical (unpaired) electrons. The van der Waals surface area contributed by atoms with Crippen molar-refractivity contribution in [1.82, 2.24) is 14.7 Å². The topological polar surface area (TPSA) is 88.5 Å². The van der Waals surface area contributed by atoms with E-state index in [1.807, 2.05) is 44.7 Å². The van der Waals surface area contributed by atoms with Gasteiger partial charge in [-0.1, -0.05) is 31.3 Å². The van der Waals surface area contributed by atoms with E-state index in [9.17, 15) is 15.0 Å². The molecule has 0 atom stereocenters. The summed E-state index contributed by atoms with van der Waals surface area (Å²) in [5.41, 5.74) is 2.93. The maximum absolute atomic E-state index is 12.3. The summed E-state index contributed by atoms with van der Waals surface area (Å²) in [7, 11) is 0. The number of aromatic hydroxyl groups is 2. The lowest BCUT2D eigenvalue weighted by molar-refractivity contribution is 0.0159. The summed E-state index contributed by atoms with van der Waals surface area (Å²) in [5.74, 6) is 0.681. The third kappa shape index (κ3) is 8.32. The van der Waals surface area contributed by atoms with Gasteiger partial charge in [-0.3, -0.25) is 4.90 Å². The molecule has 0 aromatic heterocycles. The van der Waals surface area contributed by atoms with Gasteiger partial charge in [0, 0.05) is 64.1 Å². The van der Waals surface area contributed by atoms with E-state index >= 15 is 0 Å². The van der Waals surface area contributed by atoms with E-state index in [1.165, 1.54) is 11.6 Å². The highest BCUT2D eigenvalue weighted by atomic mass is 32.1. The Hall–Kier alpha value is -2.88. The van der Waals surface area contributed by atoms with Crippen LogP contribution in [0.5, 0.6) is 11.5 Å². The number of thiocarbonyl (C=S) groups is 1. The number of nitrogens with zero attached hydrogens (tertiary/aromatic N) is 3. The van der Waals surface area contributed by atoms with Gasteiger partial charge in [-0.05, 0) is 75.3 Å². The number of hydrogen-bond acceptors (Lipinski definition) is 7. The molecule has 2 aromatic rings. The van der Waals surface area contributed by atoms with Crippen LogP contribution in [0, 0.1) is 5.92 Å². The predicted molar refractivity (Wildman–Crippen MR) is 163 cm³/mol. The first-order valence-corrected chi connectivity index (χ1v) is 14.8. The average Bonchev–Trinajstić information content (AvgIpc) is 2.90. The summed E-state index contributed by atoms with van der Waals surface area (Å²) < 4.78 is 5.53. The van der Waals surface area contributed by atoms with Crippen molar-refractivity contribution >= 4 is 29.0 Å². The van der Waals surface area contributed by atoms with Crippen molar-refractivity contribution < 1.29 is 19.7 Å². The molecule has 0 unspecified atom stereocenters. The van der Waals surface area contributed by atoms with Gasteiger partial charge in [0.25, 0.3) is 0 Å². The number of hydrogen-bond donors (Lipinski definition) is 3. The van der Waals surface area contributed by atoms with Crippen LogP contribution in [0.15, 0.2) is 36.4 Å². The van der Waals surface area contributed by atoms with E-state index in [1.54, 1.807) is 6.07 Å². The van der Waals surface area contributed by atoms with E-state index in [0.717, 1.165) is 76.5 Å². The molecule has 8 nitrogen and oxygen atoms in total. The van der Waals surface area contributed by atoms with E-state index in [4.69, 9.17) is 17.0 Å². The fraction of sp³-hybridized carbons (Fsp3) is 0.548. The second-order valence-electron chi connectivity index (χ2n) is 12.0. The number of piperazine rings is 1. The molecule has 2 fully saturated rings. The Bertz CT molecular complexity index is 1170. The number of phenolic OH excluding ortho intramolecular Hbond substituents is 2. The largest absolute Gasteiger partial charge is 0.508 e. The van der Waals surface area contributed by atoms with Crippen molar-refractivity contribution in [2.45, 2.75) is 59.1 Å². The van der Waals surface area contributed by atoms with Crippen LogP contribution in [-0.4, -0.2) is 87.4 Å². The standard InChI is InChI=1S/C31H44N4O4S/c1-5-24-18-26(28(37)19-27(24)36)29(40)32-25-8-6-22(7-9-25)20-33-14-16-34(17-15-33)21-23-10-12-35(13-11-23)30(38)39-31(2,3)4/h6-9,18-19,23,36-37H,5,10-17,20-21H2,1-4H3,(H,32,40). The summed E-state index contributed by atoms with van der Waals surface area (Å²) in [6, 6.07) is 11.3. The minimum absolute atomic E-state index is 0.0331. The van der Waals surface area contributed by atoms with Crippen molar-refractivity contribution in [3.8, 4) is 11.5 Å². The quantitative estimate of drug-likeness (QED) is 0.392. The van der Waals surface area contributed by atoms with Crippen molar-refractivity contribution in [3.05, 3.63) is 53.1 Å². The minimum atomic E-state index is -0.446. The molecule has 3 N–H and O–H groups in total. The second kappa shape index (κ2) is 13.2. The van der Waals surface area contributed by atoms with Crippen LogP contribution < -0.4 is 5.32 Å². The second-order valence-corrected chi connectivity index (χ2v) is 12.4. The van der Waals surface area contributed by atoms with Crippen LogP contribution >= 0.6 is 12.2 Å². The number of piperidine rings is 1. The molecule has 2 aromatic carbocycles. The van der Waals surface area contributed by atoms with Gasteiger partial charge in [0.05, 0.1) is 5.56 Å². The molecule has 0 spiro atoms. The molecule has 9 heteroatoms. The molecule has 0 saturated carbocycles. The molecule has 0 aliphatic carbocycles. The number of aryl methyl sites for hydroxylation is 1. The fourth-order valence-corrected chi connectivity index (χ4v) is 5.64. The number of phenols is 2. The Morgan fingerprint density at radius 1 is 0.975 bits per heavy atom. The molecular formula is C31H44N4O4S. The Balaban J connectivity index is 1.19. The predicted octanol–water partition coefficient (Wildman–Crippen LogP) is 5.21. The normalized spacial score (nSPS) is 17.6. The van der Waals surface area contributed by atoms with Crippen molar-refractivity contribution in [2.75, 3.05) is 51.1 Å². The highest BCUT2D eigenvalue weighted by molar-refractivity contribution is 7.81. The van der Waals surface area contributed by atoms with Crippen LogP contribution in [0.25, 0.3) is 0 Å². The number of ether oxygens (including phenoxy) is 1. The number of nitrogens with one attached hydrogen (secondary N) is 1. The summed E-state index contributed by atoms with van der Waals surface area (Å²) in [4.78, 5) is 19.7. The third-order valence-electron chi connectivity index (χ3n) is 7.69. The molecule has 40 heavy (non-hydrogen) atoms. The monoisotopic (exact) mass is 568 g/mol. The summed E-state index contributed by atoms with van der Waals surface area (Å²) in [6.45, 7) is 15.5. The van der Waals surface area contributed by atoms with Gasteiger partial charge in [0.15, 0.2) is 0 Å². The number of carbonyl (C=O) groups excluding carboxylic acids is 1. The molecule has 2 aliphatic rings. The lowest BCUT2D eigenvalue weighted by atomic mass is 9.96. The van der Waals surface area contributed by atoms with Gasteiger partial charge < -0.3 is 30.1 Å². The highest BCUT2D eigenvalue weighted by Crippen LogP contribution is 2.29. The molecule has 2 saturated heterocycles. The zero-order chi connectivity index (χ0) is 28.9. The van der Waals surface area contributed by atoms with E-state index < -0.39 is 5.60 Å². The number of likely N-dealkylation sites (tertiary alicyclic amines) is 1. The molecule has 0 bridgehead atoms. The Labute approximate surface area is 243 Å². The summed E-state index contributed by atoms with van der Waals surface area (Å²) in [6.07, 6.45) is 2.54. The fourth-order valence-electron chi connectivity index (χ4n) is 5.36. The van der Waals surface area contributed by atoms with Gasteiger partial charge in [-0.15, -0.1) is 0 Å². The smallest absolute Gasteiger partial charge is 0.410 e. The maximum Gasteiger partial charge on any atom is 0.410 e. The third-order valence-corrected chi connectivity index (χ3v) is 8.01. The molecule has 2 aliphatic heterocycles. The lowest BCUT2D eigenvalue weighted by Gasteiger charge is -2.39. The van der Waals surface area contributed by atoms with Crippen LogP contribution in [0.4, 0.5) is 10.5 Å². The molecule has 2 heterocycles. The zero-order valence-corrected chi connectivity index (χ0v) is 25.1. The zero-order valence-electron chi connectivity index (χ0n) is 24.3. The molecule has 4 rings (SSSR count). The number of anilines is 1. The molecular weight excluding hydrogens is 524 g/mol. The number of benzene rings is 2. The van der Waals surface area contributed by atoms with Crippen molar-refractivity contribution in [1.29, 1.82) is 0 Å². The van der Waals surface area contributed by atoms with Crippen molar-refractivity contribution in [2.24, 2.45) is 5.92 Å². The average molecular weight is 569 g/mol. The first-order chi connectivity index (χ1) is 19.0. The first kappa shape index (κ1) is 30.1. The van der Waals surface area contributed by atoms with E-state index in [0.29, 0.717) is 22.9 Å². The molecule has 218 valence electrons. The lowest BCUT2D eigenvalue weighted by Crippen LogP contribution is -2.49. The van der Waals surface area contributed by atoms with E-state index in [-0.39, 0.29) is 17.6 Å². The van der Waals surface area contributed by atoms with Gasteiger partial charge in [0.1, 0.15) is 22.1 Å². The van der Waals surface area contributed by atoms with Crippen LogP contribution in [0.2, 0.25) is 0 Å². The first-order valence-electron chi connectivity index (χ1n) is 14.4. The minimum Gasteiger partial charge on any atom is -0.508 e. The van der Waals surface area contributed by atoms with Gasteiger partial charge in [-0.25, -0.2) is 4.79 Å². The van der Waals surface area contributed by atoms with Crippen LogP contribution in [-0.2, 0) is 17.7 Å². The maximum atomic E-state index is 12.3. The Morgan fingerprint density at radius 2 is 1.60 bits per heavy atom. The van der Waals surface area contributed by atoms with Gasteiger partial charge >= 0.3 is 6.09 Å². The number of carbonyl (C=O) groups is 1. The van der Waals surface area contributed by atoms with Crippen LogP contribution in [0.3, 0.4) is 0 Å². The van der Waals surface area contributed by atoms with Crippen LogP contribution in [0.1, 0.15) is 57.2 Å². The van der Waals surface area contributed by atoms with Gasteiger partial charge in [0.2, 0.25) is 0 Å². The summed E-state index contributed by atoms with van der Waals surface area (Å²) in [5, 5.41) is 23.4. The van der Waals surface area contributed by atoms with Gasteiger partial charge in [-0.2, -0.15) is 0 Å². The summed E-state index contributed by atoms with van der Waals surface area (Å²) >= 11 is 5.52. The van der Waals surface area contributed by atoms with E-state index in [2.05, 4.69) is 27.2 Å². The SMILES string of the molecule is CCc1cc(C(=S)Nc2ccc(CN3CCN(CC4CCN(C(=O)OC(C)(C)C)CC4)CC3)cc2)c(O)cc1O. The Kier molecular flexibility index (Phi) is 9.92. The Morgan fingerprint density at radius 3 is 2.20 bits per heavy atom.